The van der Waals surface area contributed by atoms with Crippen molar-refractivity contribution in [2.75, 3.05) is 0 Å². The van der Waals surface area contributed by atoms with Gasteiger partial charge in [-0.2, -0.15) is 5.10 Å². The highest BCUT2D eigenvalue weighted by atomic mass is 79.9. The Bertz CT molecular complexity index is 739. The summed E-state index contributed by atoms with van der Waals surface area (Å²) in [7, 11) is 0. The van der Waals surface area contributed by atoms with Crippen molar-refractivity contribution in [3.05, 3.63) is 70.5 Å². The van der Waals surface area contributed by atoms with Gasteiger partial charge in [0.1, 0.15) is 0 Å². The summed E-state index contributed by atoms with van der Waals surface area (Å²) < 4.78 is 3.00. The van der Waals surface area contributed by atoms with Crippen molar-refractivity contribution in [2.45, 2.75) is 13.8 Å². The van der Waals surface area contributed by atoms with Crippen molar-refractivity contribution < 1.29 is 0 Å². The van der Waals surface area contributed by atoms with Crippen molar-refractivity contribution >= 4 is 15.9 Å². The minimum atomic E-state index is 1.08. The minimum absolute atomic E-state index is 1.08. The quantitative estimate of drug-likeness (QED) is 0.653. The summed E-state index contributed by atoms with van der Waals surface area (Å²) in [6.45, 7) is 4.21. The van der Waals surface area contributed by atoms with Crippen LogP contribution < -0.4 is 0 Å². The highest BCUT2D eigenvalue weighted by Gasteiger charge is 2.04. The molecule has 0 atom stereocenters. The van der Waals surface area contributed by atoms with Crippen molar-refractivity contribution in [2.24, 2.45) is 0 Å². The van der Waals surface area contributed by atoms with E-state index < -0.39 is 0 Å². The molecule has 0 saturated heterocycles. The Hall–Kier alpha value is -1.87. The molecule has 3 aromatic rings. The molecule has 0 aliphatic rings. The summed E-state index contributed by atoms with van der Waals surface area (Å²) in [5, 5.41) is 4.48. The molecule has 1 aromatic heterocycles. The third-order valence-electron chi connectivity index (χ3n) is 3.21. The molecule has 0 aliphatic heterocycles. The second-order valence-corrected chi connectivity index (χ2v) is 5.95. The molecular weight excluding hydrogens is 312 g/mol. The van der Waals surface area contributed by atoms with Crippen molar-refractivity contribution in [1.29, 1.82) is 0 Å². The third-order valence-corrected chi connectivity index (χ3v) is 3.70. The first-order valence-electron chi connectivity index (χ1n) is 6.51. The van der Waals surface area contributed by atoms with Gasteiger partial charge < -0.3 is 0 Å². The van der Waals surface area contributed by atoms with Crippen LogP contribution in [0.15, 0.2) is 59.3 Å². The molecule has 0 N–H and O–H groups in total. The van der Waals surface area contributed by atoms with E-state index >= 15 is 0 Å². The van der Waals surface area contributed by atoms with Crippen LogP contribution in [-0.4, -0.2) is 9.78 Å². The standard InChI is InChI=1S/C17H15BrN2/c1-12-6-13(2)8-17(7-12)20-11-15(10-19-20)14-4-3-5-16(18)9-14/h3-11H,1-2H3. The molecule has 100 valence electrons. The maximum absolute atomic E-state index is 4.48. The van der Waals surface area contributed by atoms with Crippen molar-refractivity contribution in [3.63, 3.8) is 0 Å². The fourth-order valence-electron chi connectivity index (χ4n) is 2.36. The summed E-state index contributed by atoms with van der Waals surface area (Å²) in [4.78, 5) is 0. The molecule has 20 heavy (non-hydrogen) atoms. The second kappa shape index (κ2) is 5.25. The zero-order valence-corrected chi connectivity index (χ0v) is 13.1. The van der Waals surface area contributed by atoms with Crippen LogP contribution in [0.1, 0.15) is 11.1 Å². The molecule has 0 spiro atoms. The highest BCUT2D eigenvalue weighted by molar-refractivity contribution is 9.10. The number of rotatable bonds is 2. The van der Waals surface area contributed by atoms with E-state index in [0.717, 1.165) is 21.3 Å². The van der Waals surface area contributed by atoms with Gasteiger partial charge in [-0.3, -0.25) is 0 Å². The van der Waals surface area contributed by atoms with Crippen LogP contribution in [0.25, 0.3) is 16.8 Å². The third kappa shape index (κ3) is 2.68. The molecule has 0 fully saturated rings. The molecule has 0 saturated carbocycles. The molecule has 0 unspecified atom stereocenters. The highest BCUT2D eigenvalue weighted by Crippen LogP contribution is 2.23. The zero-order chi connectivity index (χ0) is 14.1. The lowest BCUT2D eigenvalue weighted by Crippen LogP contribution is -1.95. The second-order valence-electron chi connectivity index (χ2n) is 5.03. The predicted octanol–water partition coefficient (Wildman–Crippen LogP) is 4.92. The predicted molar refractivity (Wildman–Crippen MR) is 86.2 cm³/mol. The lowest BCUT2D eigenvalue weighted by Gasteiger charge is -2.04. The normalized spacial score (nSPS) is 10.8. The van der Waals surface area contributed by atoms with E-state index in [1.807, 2.05) is 23.0 Å². The van der Waals surface area contributed by atoms with Crippen LogP contribution in [0.2, 0.25) is 0 Å². The van der Waals surface area contributed by atoms with E-state index in [1.54, 1.807) is 0 Å². The van der Waals surface area contributed by atoms with Gasteiger partial charge in [-0.05, 0) is 54.8 Å². The van der Waals surface area contributed by atoms with Gasteiger partial charge >= 0.3 is 0 Å². The van der Waals surface area contributed by atoms with Gasteiger partial charge in [0.15, 0.2) is 0 Å². The van der Waals surface area contributed by atoms with E-state index in [-0.39, 0.29) is 0 Å². The van der Waals surface area contributed by atoms with Crippen LogP contribution >= 0.6 is 15.9 Å². The summed E-state index contributed by atoms with van der Waals surface area (Å²) in [6, 6.07) is 14.7. The van der Waals surface area contributed by atoms with E-state index in [4.69, 9.17) is 0 Å². The van der Waals surface area contributed by atoms with Crippen LogP contribution in [0.4, 0.5) is 0 Å². The molecule has 0 amide bonds. The van der Waals surface area contributed by atoms with Crippen molar-refractivity contribution in [3.8, 4) is 16.8 Å². The summed E-state index contributed by atoms with van der Waals surface area (Å²) >= 11 is 3.50. The molecule has 3 heteroatoms. The van der Waals surface area contributed by atoms with E-state index in [9.17, 15) is 0 Å². The SMILES string of the molecule is Cc1cc(C)cc(-n2cc(-c3cccc(Br)c3)cn2)c1. The number of hydrogen-bond acceptors (Lipinski definition) is 1. The minimum Gasteiger partial charge on any atom is -0.240 e. The van der Waals surface area contributed by atoms with Gasteiger partial charge in [0.05, 0.1) is 11.9 Å². The van der Waals surface area contributed by atoms with E-state index in [1.165, 1.54) is 11.1 Å². The lowest BCUT2D eigenvalue weighted by molar-refractivity contribution is 0.878. The Balaban J connectivity index is 2.02. The van der Waals surface area contributed by atoms with Crippen molar-refractivity contribution in [1.82, 2.24) is 9.78 Å². The summed E-state index contributed by atoms with van der Waals surface area (Å²) in [5.74, 6) is 0. The maximum atomic E-state index is 4.48. The Kier molecular flexibility index (Phi) is 3.45. The number of aromatic nitrogens is 2. The molecule has 0 aliphatic carbocycles. The lowest BCUT2D eigenvalue weighted by atomic mass is 10.1. The number of hydrogen-bond donors (Lipinski definition) is 0. The van der Waals surface area contributed by atoms with Crippen LogP contribution in [-0.2, 0) is 0 Å². The topological polar surface area (TPSA) is 17.8 Å². The summed E-state index contributed by atoms with van der Waals surface area (Å²) in [6.07, 6.45) is 3.97. The largest absolute Gasteiger partial charge is 0.240 e. The Labute approximate surface area is 127 Å². The molecule has 2 aromatic carbocycles. The van der Waals surface area contributed by atoms with Crippen LogP contribution in [0, 0.1) is 13.8 Å². The fraction of sp³-hybridized carbons (Fsp3) is 0.118. The first-order chi connectivity index (χ1) is 9.61. The molecular formula is C17H15BrN2. The number of benzene rings is 2. The monoisotopic (exact) mass is 326 g/mol. The summed E-state index contributed by atoms with van der Waals surface area (Å²) in [5.41, 5.74) is 5.88. The first kappa shape index (κ1) is 13.1. The Morgan fingerprint density at radius 2 is 1.70 bits per heavy atom. The van der Waals surface area contributed by atoms with Gasteiger partial charge in [0, 0.05) is 16.2 Å². The molecule has 2 nitrogen and oxygen atoms in total. The average Bonchev–Trinajstić information content (AvgIpc) is 2.87. The van der Waals surface area contributed by atoms with Gasteiger partial charge in [-0.15, -0.1) is 0 Å². The Morgan fingerprint density at radius 3 is 2.40 bits per heavy atom. The van der Waals surface area contributed by atoms with Gasteiger partial charge in [-0.1, -0.05) is 34.1 Å². The first-order valence-corrected chi connectivity index (χ1v) is 7.30. The fourth-order valence-corrected chi connectivity index (χ4v) is 2.76. The van der Waals surface area contributed by atoms with E-state index in [2.05, 4.69) is 71.4 Å². The molecule has 0 bridgehead atoms. The molecule has 0 radical (unpaired) electrons. The van der Waals surface area contributed by atoms with Gasteiger partial charge in [0.2, 0.25) is 0 Å². The van der Waals surface area contributed by atoms with Crippen LogP contribution in [0.5, 0.6) is 0 Å². The van der Waals surface area contributed by atoms with Crippen LogP contribution in [0.3, 0.4) is 0 Å². The van der Waals surface area contributed by atoms with E-state index in [0.29, 0.717) is 0 Å². The molecule has 3 rings (SSSR count). The van der Waals surface area contributed by atoms with Gasteiger partial charge in [-0.25, -0.2) is 4.68 Å². The Morgan fingerprint density at radius 1 is 0.950 bits per heavy atom. The van der Waals surface area contributed by atoms with Gasteiger partial charge in [0.25, 0.3) is 0 Å². The smallest absolute Gasteiger partial charge is 0.0651 e. The zero-order valence-electron chi connectivity index (χ0n) is 11.5. The number of nitrogens with zero attached hydrogens (tertiary/aromatic N) is 2. The molecule has 1 heterocycles. The number of aryl methyl sites for hydroxylation is 2. The number of halogens is 1. The maximum Gasteiger partial charge on any atom is 0.0651 e. The average molecular weight is 327 g/mol.